The molecule has 0 spiro atoms. The van der Waals surface area contributed by atoms with Gasteiger partial charge in [0.2, 0.25) is 17.8 Å². The van der Waals surface area contributed by atoms with Gasteiger partial charge in [-0.25, -0.2) is 13.8 Å². The lowest BCUT2D eigenvalue weighted by atomic mass is 10.3. The maximum absolute atomic E-state index is 14.0. The van der Waals surface area contributed by atoms with E-state index in [0.717, 1.165) is 4.57 Å². The fraction of sp³-hybridized carbons (Fsp3) is 0.474. The average Bonchev–Trinajstić information content (AvgIpc) is 3.25. The maximum Gasteiger partial charge on any atom is 0.297 e. The van der Waals surface area contributed by atoms with E-state index in [1.165, 1.54) is 18.2 Å². The number of halogens is 2. The van der Waals surface area contributed by atoms with Crippen LogP contribution in [0.1, 0.15) is 12.2 Å². The first-order valence-electron chi connectivity index (χ1n) is 10.4. The minimum absolute atomic E-state index is 0.0775. The van der Waals surface area contributed by atoms with Gasteiger partial charge >= 0.3 is 0 Å². The first-order valence-corrected chi connectivity index (χ1v) is 10.4. The molecule has 33 heavy (non-hydrogen) atoms. The number of ether oxygens (including phenoxy) is 2. The third-order valence-electron chi connectivity index (χ3n) is 5.47. The Kier molecular flexibility index (Phi) is 5.68. The number of para-hydroxylation sites is 1. The number of nitro groups is 1. The van der Waals surface area contributed by atoms with Crippen LogP contribution in [0, 0.1) is 10.1 Å². The number of imidazole rings is 1. The van der Waals surface area contributed by atoms with Crippen LogP contribution in [0.15, 0.2) is 18.2 Å². The number of aromatic nitrogens is 5. The Hall–Kier alpha value is -3.52. The molecule has 174 valence electrons. The highest BCUT2D eigenvalue weighted by Crippen LogP contribution is 2.32. The van der Waals surface area contributed by atoms with E-state index in [9.17, 15) is 18.9 Å². The van der Waals surface area contributed by atoms with Crippen molar-refractivity contribution in [3.8, 4) is 5.95 Å². The maximum atomic E-state index is 14.0. The van der Waals surface area contributed by atoms with Crippen LogP contribution < -0.4 is 9.80 Å². The van der Waals surface area contributed by atoms with Crippen LogP contribution in [-0.2, 0) is 9.47 Å². The molecule has 0 bridgehead atoms. The number of benzene rings is 1. The van der Waals surface area contributed by atoms with Crippen molar-refractivity contribution in [1.29, 1.82) is 0 Å². The lowest BCUT2D eigenvalue weighted by Crippen LogP contribution is -2.40. The minimum atomic E-state index is -3.01. The summed E-state index contributed by atoms with van der Waals surface area (Å²) in [5.74, 6) is -0.118. The number of anilines is 2. The van der Waals surface area contributed by atoms with Gasteiger partial charge in [0.15, 0.2) is 11.3 Å². The van der Waals surface area contributed by atoms with Crippen LogP contribution in [0.3, 0.4) is 0 Å². The van der Waals surface area contributed by atoms with E-state index < -0.39 is 17.2 Å². The van der Waals surface area contributed by atoms with Crippen LogP contribution in [0.5, 0.6) is 0 Å². The molecule has 3 aromatic rings. The smallest absolute Gasteiger partial charge is 0.297 e. The van der Waals surface area contributed by atoms with Gasteiger partial charge in [-0.3, -0.25) is 14.7 Å². The Morgan fingerprint density at radius 1 is 0.879 bits per heavy atom. The zero-order chi connectivity index (χ0) is 22.9. The summed E-state index contributed by atoms with van der Waals surface area (Å²) in [5.41, 5.74) is -0.408. The average molecular weight is 462 g/mol. The summed E-state index contributed by atoms with van der Waals surface area (Å²) in [6.07, 6.45) is -3.01. The second-order valence-electron chi connectivity index (χ2n) is 7.44. The molecule has 12 nitrogen and oxygen atoms in total. The third-order valence-corrected chi connectivity index (χ3v) is 5.47. The Morgan fingerprint density at radius 3 is 1.94 bits per heavy atom. The van der Waals surface area contributed by atoms with Crippen LogP contribution >= 0.6 is 0 Å². The van der Waals surface area contributed by atoms with Crippen LogP contribution in [0.4, 0.5) is 26.4 Å². The number of morpholine rings is 2. The SMILES string of the molecule is O=[N+]([O-])c1cccc2c1nc(C(F)F)n2-c1nc(N2CCOCC2)nc(N2CCOCC2)n1. The molecule has 14 heteroatoms. The second kappa shape index (κ2) is 8.78. The van der Waals surface area contributed by atoms with Gasteiger partial charge < -0.3 is 19.3 Å². The normalized spacial score (nSPS) is 17.2. The van der Waals surface area contributed by atoms with E-state index in [1.54, 1.807) is 0 Å². The second-order valence-corrected chi connectivity index (χ2v) is 7.44. The number of nitrogens with zero attached hydrogens (tertiary/aromatic N) is 8. The van der Waals surface area contributed by atoms with Gasteiger partial charge in [0, 0.05) is 32.2 Å². The number of alkyl halides is 2. The Morgan fingerprint density at radius 2 is 1.42 bits per heavy atom. The molecule has 2 fully saturated rings. The summed E-state index contributed by atoms with van der Waals surface area (Å²) >= 11 is 0. The van der Waals surface area contributed by atoms with E-state index in [0.29, 0.717) is 64.5 Å². The molecule has 2 aliphatic rings. The molecule has 0 radical (unpaired) electrons. The summed E-state index contributed by atoms with van der Waals surface area (Å²) < 4.78 is 39.9. The molecular weight excluding hydrogens is 442 g/mol. The summed E-state index contributed by atoms with van der Waals surface area (Å²) in [5, 5.41) is 11.5. The standard InChI is InChI=1S/C19H20F2N8O4/c20-15(21)16-22-14-12(2-1-3-13(14)29(30)31)28(16)19-24-17(26-4-8-32-9-5-26)23-18(25-19)27-6-10-33-11-7-27/h1-3,15H,4-11H2. The van der Waals surface area contributed by atoms with Gasteiger partial charge in [-0.1, -0.05) is 6.07 Å². The highest BCUT2D eigenvalue weighted by Gasteiger charge is 2.28. The molecule has 0 saturated carbocycles. The van der Waals surface area contributed by atoms with Gasteiger partial charge in [0.25, 0.3) is 12.1 Å². The van der Waals surface area contributed by atoms with Crippen LogP contribution in [-0.4, -0.2) is 82.0 Å². The quantitative estimate of drug-likeness (QED) is 0.409. The summed E-state index contributed by atoms with van der Waals surface area (Å²) in [6, 6.07) is 4.12. The molecule has 2 aliphatic heterocycles. The van der Waals surface area contributed by atoms with Crippen molar-refractivity contribution >= 4 is 28.6 Å². The molecule has 0 amide bonds. The third kappa shape index (κ3) is 4.02. The first kappa shape index (κ1) is 21.3. The molecule has 4 heterocycles. The van der Waals surface area contributed by atoms with E-state index in [4.69, 9.17) is 9.47 Å². The molecule has 2 saturated heterocycles. The first-order chi connectivity index (χ1) is 16.0. The van der Waals surface area contributed by atoms with Crippen molar-refractivity contribution in [2.45, 2.75) is 6.43 Å². The van der Waals surface area contributed by atoms with E-state index in [1.807, 2.05) is 9.80 Å². The summed E-state index contributed by atoms with van der Waals surface area (Å²) in [7, 11) is 0. The molecule has 5 rings (SSSR count). The Balaban J connectivity index is 1.71. The van der Waals surface area contributed by atoms with Gasteiger partial charge in [-0.2, -0.15) is 15.0 Å². The molecule has 0 unspecified atom stereocenters. The predicted octanol–water partition coefficient (Wildman–Crippen LogP) is 1.73. The molecular formula is C19H20F2N8O4. The zero-order valence-corrected chi connectivity index (χ0v) is 17.4. The Labute approximate surface area is 185 Å². The monoisotopic (exact) mass is 462 g/mol. The van der Waals surface area contributed by atoms with Gasteiger partial charge in [0.05, 0.1) is 36.9 Å². The van der Waals surface area contributed by atoms with Crippen molar-refractivity contribution in [2.75, 3.05) is 62.4 Å². The lowest BCUT2D eigenvalue weighted by Gasteiger charge is -2.30. The van der Waals surface area contributed by atoms with Crippen molar-refractivity contribution < 1.29 is 23.2 Å². The van der Waals surface area contributed by atoms with Crippen molar-refractivity contribution in [2.24, 2.45) is 0 Å². The van der Waals surface area contributed by atoms with Crippen LogP contribution in [0.2, 0.25) is 0 Å². The fourth-order valence-electron chi connectivity index (χ4n) is 3.86. The van der Waals surface area contributed by atoms with Crippen LogP contribution in [0.25, 0.3) is 17.0 Å². The fourth-order valence-corrected chi connectivity index (χ4v) is 3.86. The van der Waals surface area contributed by atoms with Crippen molar-refractivity contribution in [3.63, 3.8) is 0 Å². The van der Waals surface area contributed by atoms with Gasteiger partial charge in [-0.15, -0.1) is 0 Å². The predicted molar refractivity (Wildman–Crippen MR) is 112 cm³/mol. The number of fused-ring (bicyclic) bond motifs is 1. The summed E-state index contributed by atoms with van der Waals surface area (Å²) in [4.78, 5) is 32.0. The number of hydrogen-bond donors (Lipinski definition) is 0. The molecule has 1 aromatic carbocycles. The largest absolute Gasteiger partial charge is 0.378 e. The van der Waals surface area contributed by atoms with E-state index >= 15 is 0 Å². The number of rotatable bonds is 5. The van der Waals surface area contributed by atoms with Crippen molar-refractivity contribution in [1.82, 2.24) is 24.5 Å². The van der Waals surface area contributed by atoms with Gasteiger partial charge in [-0.05, 0) is 6.07 Å². The zero-order valence-electron chi connectivity index (χ0n) is 17.4. The van der Waals surface area contributed by atoms with E-state index in [-0.39, 0.29) is 22.7 Å². The highest BCUT2D eigenvalue weighted by molar-refractivity contribution is 5.86. The topological polar surface area (TPSA) is 125 Å². The van der Waals surface area contributed by atoms with Gasteiger partial charge in [0.1, 0.15) is 0 Å². The number of hydrogen-bond acceptors (Lipinski definition) is 10. The molecule has 0 N–H and O–H groups in total. The lowest BCUT2D eigenvalue weighted by molar-refractivity contribution is -0.383. The molecule has 2 aromatic heterocycles. The summed E-state index contributed by atoms with van der Waals surface area (Å²) in [6.45, 7) is 4.06. The molecule has 0 atom stereocenters. The van der Waals surface area contributed by atoms with Crippen molar-refractivity contribution in [3.05, 3.63) is 34.1 Å². The molecule has 0 aliphatic carbocycles. The number of nitro benzene ring substituents is 1. The number of non-ortho nitro benzene ring substituents is 1. The highest BCUT2D eigenvalue weighted by atomic mass is 19.3. The minimum Gasteiger partial charge on any atom is -0.378 e. The van der Waals surface area contributed by atoms with E-state index in [2.05, 4.69) is 19.9 Å². The Bertz CT molecular complexity index is 1140.